The first-order chi connectivity index (χ1) is 13.4. The summed E-state index contributed by atoms with van der Waals surface area (Å²) in [5.41, 5.74) is 1.53. The van der Waals surface area contributed by atoms with Gasteiger partial charge in [-0.1, -0.05) is 32.0 Å². The number of nitrogens with one attached hydrogen (secondary N) is 2. The molecule has 1 amide bonds. The van der Waals surface area contributed by atoms with E-state index in [0.29, 0.717) is 22.5 Å². The van der Waals surface area contributed by atoms with E-state index in [2.05, 4.69) is 25.5 Å². The van der Waals surface area contributed by atoms with E-state index in [4.69, 9.17) is 0 Å². The molecule has 0 fully saturated rings. The lowest BCUT2D eigenvalue weighted by Crippen LogP contribution is -2.21. The van der Waals surface area contributed by atoms with Crippen molar-refractivity contribution in [2.75, 3.05) is 5.32 Å². The van der Waals surface area contributed by atoms with Crippen molar-refractivity contribution >= 4 is 22.8 Å². The van der Waals surface area contributed by atoms with E-state index < -0.39 is 0 Å². The number of benzene rings is 1. The van der Waals surface area contributed by atoms with Crippen molar-refractivity contribution in [2.24, 2.45) is 5.92 Å². The zero-order valence-corrected chi connectivity index (χ0v) is 15.7. The number of carbonyl (C=O) groups excluding carboxylic acids is 1. The van der Waals surface area contributed by atoms with E-state index in [0.717, 1.165) is 5.69 Å². The Morgan fingerprint density at radius 3 is 2.64 bits per heavy atom. The Kier molecular flexibility index (Phi) is 4.26. The molecule has 0 saturated carbocycles. The standard InChI is InChI=1S/C19H19N7O2/c1-11(2)17(27)21-15-9-12(3)24-26(15)19-22-16-14(18(28)23-19)10-20-25(16)13-7-5-4-6-8-13/h4-11H,1-3H3,(H,21,27)(H,22,23,28). The number of hydrogen-bond donors (Lipinski definition) is 2. The van der Waals surface area contributed by atoms with Crippen LogP contribution in [-0.4, -0.2) is 35.4 Å². The van der Waals surface area contributed by atoms with Crippen molar-refractivity contribution in [1.82, 2.24) is 29.5 Å². The number of anilines is 1. The zero-order valence-electron chi connectivity index (χ0n) is 15.7. The molecule has 0 aliphatic rings. The van der Waals surface area contributed by atoms with Gasteiger partial charge in [0.25, 0.3) is 5.56 Å². The number of fused-ring (bicyclic) bond motifs is 1. The number of aromatic amines is 1. The van der Waals surface area contributed by atoms with E-state index in [-0.39, 0.29) is 23.3 Å². The van der Waals surface area contributed by atoms with Crippen LogP contribution in [0.5, 0.6) is 0 Å². The zero-order chi connectivity index (χ0) is 19.8. The van der Waals surface area contributed by atoms with Crippen LogP contribution in [0.4, 0.5) is 5.82 Å². The Balaban J connectivity index is 1.87. The number of amides is 1. The summed E-state index contributed by atoms with van der Waals surface area (Å²) in [7, 11) is 0. The fourth-order valence-electron chi connectivity index (χ4n) is 2.79. The Morgan fingerprint density at radius 1 is 1.18 bits per heavy atom. The molecule has 4 aromatic rings. The number of H-pyrrole nitrogens is 1. The molecule has 0 aliphatic carbocycles. The van der Waals surface area contributed by atoms with Gasteiger partial charge in [-0.05, 0) is 19.1 Å². The summed E-state index contributed by atoms with van der Waals surface area (Å²) in [5.74, 6) is 0.281. The third-order valence-electron chi connectivity index (χ3n) is 4.23. The lowest BCUT2D eigenvalue weighted by atomic mass is 10.2. The maximum atomic E-state index is 12.6. The van der Waals surface area contributed by atoms with Crippen molar-refractivity contribution in [2.45, 2.75) is 20.8 Å². The molecule has 0 saturated heterocycles. The normalized spacial score (nSPS) is 11.3. The first kappa shape index (κ1) is 17.7. The fourth-order valence-corrected chi connectivity index (χ4v) is 2.79. The van der Waals surface area contributed by atoms with E-state index in [1.54, 1.807) is 31.5 Å². The molecule has 0 bridgehead atoms. The van der Waals surface area contributed by atoms with Crippen LogP contribution in [0.2, 0.25) is 0 Å². The molecule has 4 rings (SSSR count). The average Bonchev–Trinajstić information content (AvgIpc) is 3.26. The molecule has 0 unspecified atom stereocenters. The summed E-state index contributed by atoms with van der Waals surface area (Å²) < 4.78 is 3.01. The quantitative estimate of drug-likeness (QED) is 0.566. The highest BCUT2D eigenvalue weighted by molar-refractivity contribution is 5.91. The minimum absolute atomic E-state index is 0.154. The molecule has 0 atom stereocenters. The van der Waals surface area contributed by atoms with E-state index in [9.17, 15) is 9.59 Å². The molecule has 0 aliphatic heterocycles. The average molecular weight is 377 g/mol. The highest BCUT2D eigenvalue weighted by Gasteiger charge is 2.17. The highest BCUT2D eigenvalue weighted by Crippen LogP contribution is 2.18. The highest BCUT2D eigenvalue weighted by atomic mass is 16.2. The summed E-state index contributed by atoms with van der Waals surface area (Å²) in [6.07, 6.45) is 1.48. The summed E-state index contributed by atoms with van der Waals surface area (Å²) in [5, 5.41) is 11.8. The van der Waals surface area contributed by atoms with Gasteiger partial charge in [-0.25, -0.2) is 4.68 Å². The summed E-state index contributed by atoms with van der Waals surface area (Å²) in [6, 6.07) is 11.1. The van der Waals surface area contributed by atoms with Gasteiger partial charge in [0.2, 0.25) is 11.9 Å². The molecule has 9 heteroatoms. The lowest BCUT2D eigenvalue weighted by molar-refractivity contribution is -0.118. The number of hydrogen-bond acceptors (Lipinski definition) is 5. The first-order valence-corrected chi connectivity index (χ1v) is 8.85. The number of para-hydroxylation sites is 1. The molecule has 0 spiro atoms. The van der Waals surface area contributed by atoms with Crippen LogP contribution < -0.4 is 10.9 Å². The summed E-state index contributed by atoms with van der Waals surface area (Å²) >= 11 is 0. The minimum Gasteiger partial charge on any atom is -0.310 e. The van der Waals surface area contributed by atoms with Crippen molar-refractivity contribution < 1.29 is 4.79 Å². The van der Waals surface area contributed by atoms with Crippen LogP contribution in [0, 0.1) is 12.8 Å². The van der Waals surface area contributed by atoms with Gasteiger partial charge in [-0.15, -0.1) is 0 Å². The predicted molar refractivity (Wildman–Crippen MR) is 105 cm³/mol. The lowest BCUT2D eigenvalue weighted by Gasteiger charge is -2.10. The predicted octanol–water partition coefficient (Wildman–Crippen LogP) is 2.20. The Hall–Kier alpha value is -3.75. The minimum atomic E-state index is -0.337. The van der Waals surface area contributed by atoms with Crippen molar-refractivity contribution in [1.29, 1.82) is 0 Å². The van der Waals surface area contributed by atoms with Gasteiger partial charge >= 0.3 is 0 Å². The summed E-state index contributed by atoms with van der Waals surface area (Å²) in [4.78, 5) is 32.0. The summed E-state index contributed by atoms with van der Waals surface area (Å²) in [6.45, 7) is 5.40. The first-order valence-electron chi connectivity index (χ1n) is 8.85. The molecule has 142 valence electrons. The maximum Gasteiger partial charge on any atom is 0.263 e. The second-order valence-electron chi connectivity index (χ2n) is 6.75. The molecule has 3 heterocycles. The molecule has 0 radical (unpaired) electrons. The molecule has 3 aromatic heterocycles. The van der Waals surface area contributed by atoms with Crippen LogP contribution in [-0.2, 0) is 4.79 Å². The van der Waals surface area contributed by atoms with Crippen molar-refractivity contribution in [3.63, 3.8) is 0 Å². The van der Waals surface area contributed by atoms with Crippen molar-refractivity contribution in [3.05, 3.63) is 58.6 Å². The molecular weight excluding hydrogens is 358 g/mol. The second-order valence-corrected chi connectivity index (χ2v) is 6.75. The van der Waals surface area contributed by atoms with Crippen LogP contribution in [0.25, 0.3) is 22.7 Å². The third kappa shape index (κ3) is 3.07. The van der Waals surface area contributed by atoms with E-state index in [1.165, 1.54) is 10.9 Å². The van der Waals surface area contributed by atoms with Gasteiger partial charge in [0.1, 0.15) is 11.2 Å². The van der Waals surface area contributed by atoms with Crippen LogP contribution in [0.15, 0.2) is 47.4 Å². The topological polar surface area (TPSA) is 110 Å². The Morgan fingerprint density at radius 2 is 1.93 bits per heavy atom. The Labute approximate surface area is 160 Å². The number of aryl methyl sites for hydroxylation is 1. The number of rotatable bonds is 4. The molecule has 9 nitrogen and oxygen atoms in total. The Bertz CT molecular complexity index is 1220. The smallest absolute Gasteiger partial charge is 0.263 e. The number of aromatic nitrogens is 6. The van der Waals surface area contributed by atoms with Gasteiger partial charge in [0.05, 0.1) is 17.6 Å². The SMILES string of the molecule is Cc1cc(NC(=O)C(C)C)n(-c2nc3c(cnn3-c3ccccc3)c(=O)[nH]2)n1. The van der Waals surface area contributed by atoms with Gasteiger partial charge in [-0.3, -0.25) is 14.6 Å². The van der Waals surface area contributed by atoms with E-state index in [1.807, 2.05) is 30.3 Å². The second kappa shape index (κ2) is 6.76. The van der Waals surface area contributed by atoms with Crippen LogP contribution in [0.1, 0.15) is 19.5 Å². The number of nitrogens with zero attached hydrogens (tertiary/aromatic N) is 5. The maximum absolute atomic E-state index is 12.6. The monoisotopic (exact) mass is 377 g/mol. The fraction of sp³-hybridized carbons (Fsp3) is 0.211. The van der Waals surface area contributed by atoms with Gasteiger partial charge in [-0.2, -0.15) is 19.9 Å². The van der Waals surface area contributed by atoms with E-state index >= 15 is 0 Å². The van der Waals surface area contributed by atoms with Crippen molar-refractivity contribution in [3.8, 4) is 11.6 Å². The van der Waals surface area contributed by atoms with Crippen LogP contribution >= 0.6 is 0 Å². The van der Waals surface area contributed by atoms with Gasteiger partial charge in [0.15, 0.2) is 5.65 Å². The van der Waals surface area contributed by atoms with Gasteiger partial charge < -0.3 is 5.32 Å². The molecular formula is C19H19N7O2. The number of carbonyl (C=O) groups is 1. The largest absolute Gasteiger partial charge is 0.310 e. The van der Waals surface area contributed by atoms with Crippen LogP contribution in [0.3, 0.4) is 0 Å². The molecule has 2 N–H and O–H groups in total. The third-order valence-corrected chi connectivity index (χ3v) is 4.23. The molecule has 1 aromatic carbocycles. The molecule has 28 heavy (non-hydrogen) atoms. The van der Waals surface area contributed by atoms with Gasteiger partial charge in [0, 0.05) is 12.0 Å².